The predicted molar refractivity (Wildman–Crippen MR) is 162 cm³/mol. The summed E-state index contributed by atoms with van der Waals surface area (Å²) >= 11 is 0.954. The number of imidazole rings is 1. The van der Waals surface area contributed by atoms with Crippen LogP contribution in [0.2, 0.25) is 0 Å². The standard InChI is InChI=1S/C32H32N4O5S/c1-8-16-41-30(40)27-18(3)33-31(42-27)36-24(20-11-13-21(14-12-20)32(5,6)7)22(26(38)29(36)39)25(37)23-19(4)35-15-9-10-17(2)28(35)34-23/h8-15,24,37H,1,16H2,2-7H3. The number of aliphatic hydroxyl groups excluding tert-OH is 1. The van der Waals surface area contributed by atoms with Gasteiger partial charge in [0.15, 0.2) is 10.9 Å². The highest BCUT2D eigenvalue weighted by atomic mass is 32.1. The van der Waals surface area contributed by atoms with Gasteiger partial charge in [0.1, 0.15) is 22.8 Å². The second kappa shape index (κ2) is 10.7. The van der Waals surface area contributed by atoms with Crippen molar-refractivity contribution in [2.24, 2.45) is 0 Å². The van der Waals surface area contributed by atoms with Crippen molar-refractivity contribution in [1.82, 2.24) is 14.4 Å². The fraction of sp³-hybridized carbons (Fsp3) is 0.281. The van der Waals surface area contributed by atoms with Gasteiger partial charge in [-0.05, 0) is 48.9 Å². The first-order chi connectivity index (χ1) is 19.8. The van der Waals surface area contributed by atoms with Crippen LogP contribution >= 0.6 is 11.3 Å². The quantitative estimate of drug-likeness (QED) is 0.0975. The summed E-state index contributed by atoms with van der Waals surface area (Å²) in [5.74, 6) is -2.71. The largest absolute Gasteiger partial charge is 0.505 e. The van der Waals surface area contributed by atoms with Gasteiger partial charge in [-0.15, -0.1) is 0 Å². The molecule has 5 rings (SSSR count). The number of hydrogen-bond acceptors (Lipinski definition) is 8. The molecule has 1 aliphatic heterocycles. The molecule has 0 radical (unpaired) electrons. The Labute approximate surface area is 247 Å². The van der Waals surface area contributed by atoms with Crippen molar-refractivity contribution in [2.75, 3.05) is 11.5 Å². The van der Waals surface area contributed by atoms with Gasteiger partial charge in [0.2, 0.25) is 0 Å². The lowest BCUT2D eigenvalue weighted by molar-refractivity contribution is -0.132. The lowest BCUT2D eigenvalue weighted by atomic mass is 9.85. The number of pyridine rings is 1. The molecular weight excluding hydrogens is 552 g/mol. The normalized spacial score (nSPS) is 16.8. The number of carbonyl (C=O) groups excluding carboxylic acids is 3. The van der Waals surface area contributed by atoms with Crippen molar-refractivity contribution in [3.05, 3.63) is 99.5 Å². The van der Waals surface area contributed by atoms with E-state index in [0.29, 0.717) is 22.6 Å². The molecule has 4 heterocycles. The number of esters is 1. The molecule has 4 aromatic rings. The molecule has 0 bridgehead atoms. The number of amides is 1. The van der Waals surface area contributed by atoms with E-state index in [9.17, 15) is 19.5 Å². The Kier molecular flexibility index (Phi) is 7.36. The molecule has 1 aromatic carbocycles. The molecule has 1 saturated heterocycles. The van der Waals surface area contributed by atoms with Crippen molar-refractivity contribution in [1.29, 1.82) is 0 Å². The van der Waals surface area contributed by atoms with Gasteiger partial charge in [-0.25, -0.2) is 14.8 Å². The Morgan fingerprint density at radius 3 is 2.43 bits per heavy atom. The molecule has 42 heavy (non-hydrogen) atoms. The first kappa shape index (κ1) is 28.9. The number of aromatic nitrogens is 3. The van der Waals surface area contributed by atoms with Crippen molar-refractivity contribution in [3.8, 4) is 0 Å². The second-order valence-corrected chi connectivity index (χ2v) is 12.2. The Morgan fingerprint density at radius 1 is 1.12 bits per heavy atom. The smallest absolute Gasteiger partial charge is 0.350 e. The van der Waals surface area contributed by atoms with Crippen LogP contribution in [-0.4, -0.2) is 43.7 Å². The molecule has 1 fully saturated rings. The Bertz CT molecular complexity index is 1790. The zero-order valence-corrected chi connectivity index (χ0v) is 25.2. The number of ketones is 1. The number of thiazole rings is 1. The van der Waals surface area contributed by atoms with Crippen LogP contribution in [0.25, 0.3) is 11.4 Å². The van der Waals surface area contributed by atoms with Crippen LogP contribution in [0, 0.1) is 20.8 Å². The maximum atomic E-state index is 13.7. The Hall–Kier alpha value is -4.57. The molecular formula is C32H32N4O5S. The summed E-state index contributed by atoms with van der Waals surface area (Å²) in [5, 5.41) is 11.9. The monoisotopic (exact) mass is 584 g/mol. The number of carbonyl (C=O) groups is 3. The molecule has 1 atom stereocenters. The van der Waals surface area contributed by atoms with E-state index in [0.717, 1.165) is 22.5 Å². The van der Waals surface area contributed by atoms with E-state index in [4.69, 9.17) is 4.74 Å². The van der Waals surface area contributed by atoms with Crippen molar-refractivity contribution >= 4 is 45.5 Å². The van der Waals surface area contributed by atoms with Crippen LogP contribution in [0.1, 0.15) is 70.3 Å². The minimum absolute atomic E-state index is 0.0218. The van der Waals surface area contributed by atoms with Crippen LogP contribution in [-0.2, 0) is 19.7 Å². The first-order valence-electron chi connectivity index (χ1n) is 13.5. The van der Waals surface area contributed by atoms with E-state index in [2.05, 4.69) is 37.3 Å². The van der Waals surface area contributed by atoms with Crippen LogP contribution < -0.4 is 4.90 Å². The number of aliphatic hydroxyl groups is 1. The number of nitrogens with zero attached hydrogens (tertiary/aromatic N) is 4. The summed E-state index contributed by atoms with van der Waals surface area (Å²) in [6.07, 6.45) is 3.28. The highest BCUT2D eigenvalue weighted by Crippen LogP contribution is 2.44. The fourth-order valence-electron chi connectivity index (χ4n) is 5.06. The number of fused-ring (bicyclic) bond motifs is 1. The molecule has 1 N–H and O–H groups in total. The van der Waals surface area contributed by atoms with Gasteiger partial charge >= 0.3 is 11.9 Å². The molecule has 10 heteroatoms. The lowest BCUT2D eigenvalue weighted by Gasteiger charge is -2.24. The van der Waals surface area contributed by atoms with Crippen LogP contribution in [0.4, 0.5) is 5.13 Å². The van der Waals surface area contributed by atoms with E-state index in [-0.39, 0.29) is 39.1 Å². The van der Waals surface area contributed by atoms with Crippen LogP contribution in [0.3, 0.4) is 0 Å². The summed E-state index contributed by atoms with van der Waals surface area (Å²) in [4.78, 5) is 50.6. The summed E-state index contributed by atoms with van der Waals surface area (Å²) in [6, 6.07) is 10.4. The molecule has 0 aliphatic carbocycles. The van der Waals surface area contributed by atoms with Gasteiger partial charge in [-0.1, -0.05) is 75.1 Å². The van der Waals surface area contributed by atoms with Crippen molar-refractivity contribution in [2.45, 2.75) is 53.0 Å². The molecule has 1 amide bonds. The second-order valence-electron chi connectivity index (χ2n) is 11.3. The van der Waals surface area contributed by atoms with E-state index in [1.165, 1.54) is 11.0 Å². The van der Waals surface area contributed by atoms with Crippen LogP contribution in [0.5, 0.6) is 0 Å². The molecule has 1 aliphatic rings. The van der Waals surface area contributed by atoms with Crippen LogP contribution in [0.15, 0.2) is 60.8 Å². The summed E-state index contributed by atoms with van der Waals surface area (Å²) < 4.78 is 7.02. The highest BCUT2D eigenvalue weighted by Gasteiger charge is 2.49. The van der Waals surface area contributed by atoms with E-state index in [1.54, 1.807) is 13.8 Å². The van der Waals surface area contributed by atoms with Gasteiger partial charge in [-0.3, -0.25) is 14.5 Å². The Balaban J connectivity index is 1.71. The number of ether oxygens (including phenoxy) is 1. The average Bonchev–Trinajstić information content (AvgIpc) is 3.58. The average molecular weight is 585 g/mol. The van der Waals surface area contributed by atoms with E-state index < -0.39 is 23.7 Å². The van der Waals surface area contributed by atoms with Gasteiger partial charge in [0.25, 0.3) is 5.78 Å². The number of anilines is 1. The summed E-state index contributed by atoms with van der Waals surface area (Å²) in [5.41, 5.74) is 4.16. The molecule has 3 aromatic heterocycles. The predicted octanol–water partition coefficient (Wildman–Crippen LogP) is 5.98. The van der Waals surface area contributed by atoms with Gasteiger partial charge in [0.05, 0.1) is 23.0 Å². The van der Waals surface area contributed by atoms with E-state index >= 15 is 0 Å². The topological polar surface area (TPSA) is 114 Å². The van der Waals surface area contributed by atoms with Crippen molar-refractivity contribution in [3.63, 3.8) is 0 Å². The van der Waals surface area contributed by atoms with Crippen molar-refractivity contribution < 1.29 is 24.2 Å². The first-order valence-corrected chi connectivity index (χ1v) is 14.3. The third-order valence-corrected chi connectivity index (χ3v) is 8.49. The van der Waals surface area contributed by atoms with Gasteiger partial charge in [0, 0.05) is 6.20 Å². The highest BCUT2D eigenvalue weighted by molar-refractivity contribution is 7.17. The third-order valence-electron chi connectivity index (χ3n) is 7.35. The summed E-state index contributed by atoms with van der Waals surface area (Å²) in [7, 11) is 0. The van der Waals surface area contributed by atoms with Gasteiger partial charge in [-0.2, -0.15) is 0 Å². The van der Waals surface area contributed by atoms with Gasteiger partial charge < -0.3 is 14.2 Å². The molecule has 1 unspecified atom stereocenters. The molecule has 216 valence electrons. The fourth-order valence-corrected chi connectivity index (χ4v) is 6.05. The molecule has 0 saturated carbocycles. The third kappa shape index (κ3) is 4.81. The summed E-state index contributed by atoms with van der Waals surface area (Å²) in [6.45, 7) is 15.2. The zero-order valence-electron chi connectivity index (χ0n) is 24.4. The lowest BCUT2D eigenvalue weighted by Crippen LogP contribution is -2.29. The maximum Gasteiger partial charge on any atom is 0.350 e. The number of rotatable bonds is 6. The minimum atomic E-state index is -1.01. The number of Topliss-reactive ketones (excluding diaryl/α,β-unsaturated/α-hetero) is 1. The molecule has 9 nitrogen and oxygen atoms in total. The number of aryl methyl sites for hydroxylation is 3. The Morgan fingerprint density at radius 2 is 1.81 bits per heavy atom. The molecule has 0 spiro atoms. The van der Waals surface area contributed by atoms with E-state index in [1.807, 2.05) is 53.9 Å². The number of hydrogen-bond donors (Lipinski definition) is 1. The zero-order chi connectivity index (χ0) is 30.5. The number of benzene rings is 1. The minimum Gasteiger partial charge on any atom is -0.505 e. The maximum absolute atomic E-state index is 13.7. The SMILES string of the molecule is C=CCOC(=O)c1sc(N2C(=O)C(=O)C(=C(O)c3nc4c(C)cccn4c3C)C2c2ccc(C(C)(C)C)cc2)nc1C.